The van der Waals surface area contributed by atoms with Gasteiger partial charge in [0.2, 0.25) is 0 Å². The highest BCUT2D eigenvalue weighted by Gasteiger charge is 2.08. The molecule has 0 bridgehead atoms. The number of aromatic nitrogens is 2. The number of nitrogens with zero attached hydrogens (tertiary/aromatic N) is 2. The summed E-state index contributed by atoms with van der Waals surface area (Å²) in [5.74, 6) is -0.186. The molecule has 0 fully saturated rings. The average Bonchev–Trinajstić information content (AvgIpc) is 2.34. The molecule has 18 heavy (non-hydrogen) atoms. The summed E-state index contributed by atoms with van der Waals surface area (Å²) >= 11 is 5.70. The lowest BCUT2D eigenvalue weighted by molar-refractivity contribution is 0.0970. The van der Waals surface area contributed by atoms with E-state index in [0.29, 0.717) is 5.56 Å². The Labute approximate surface area is 107 Å². The van der Waals surface area contributed by atoms with Crippen LogP contribution in [0.3, 0.4) is 0 Å². The summed E-state index contributed by atoms with van der Waals surface area (Å²) in [5, 5.41) is 9.40. The number of phenolic OH excluding ortho intramolecular Hbond substituents is 1. The van der Waals surface area contributed by atoms with Crippen LogP contribution >= 0.6 is 11.6 Å². The summed E-state index contributed by atoms with van der Waals surface area (Å²) in [7, 11) is 0. The Balaban J connectivity index is 2.24. The number of benzene rings is 1. The molecule has 0 saturated carbocycles. The minimum absolute atomic E-state index is 0.0770. The predicted octanol–water partition coefficient (Wildman–Crippen LogP) is 1.49. The number of carbonyl (C=O) groups excluding carboxylic acids is 1. The molecule has 2 aromatic rings. The average molecular weight is 265 g/mol. The molecule has 0 saturated heterocycles. The fourth-order valence-corrected chi connectivity index (χ4v) is 1.60. The maximum absolute atomic E-state index is 11.9. The van der Waals surface area contributed by atoms with Gasteiger partial charge in [-0.15, -0.1) is 0 Å². The molecule has 1 aromatic carbocycles. The largest absolute Gasteiger partial charge is 0.508 e. The van der Waals surface area contributed by atoms with Crippen LogP contribution in [0.1, 0.15) is 10.4 Å². The van der Waals surface area contributed by atoms with E-state index in [1.165, 1.54) is 36.7 Å². The van der Waals surface area contributed by atoms with Gasteiger partial charge in [-0.05, 0) is 24.3 Å². The first kappa shape index (κ1) is 12.3. The molecule has 0 unspecified atom stereocenters. The highest BCUT2D eigenvalue weighted by Crippen LogP contribution is 2.11. The number of hydrogen-bond acceptors (Lipinski definition) is 4. The van der Waals surface area contributed by atoms with Gasteiger partial charge in [0.15, 0.2) is 5.78 Å². The fourth-order valence-electron chi connectivity index (χ4n) is 1.44. The smallest absolute Gasteiger partial charge is 0.348 e. The molecule has 0 amide bonds. The highest BCUT2D eigenvalue weighted by atomic mass is 35.5. The normalized spacial score (nSPS) is 10.3. The van der Waals surface area contributed by atoms with Gasteiger partial charge in [0.25, 0.3) is 0 Å². The number of ketones is 1. The lowest BCUT2D eigenvalue weighted by Crippen LogP contribution is -2.25. The molecule has 5 nitrogen and oxygen atoms in total. The van der Waals surface area contributed by atoms with Gasteiger partial charge in [-0.2, -0.15) is 0 Å². The van der Waals surface area contributed by atoms with Crippen molar-refractivity contribution < 1.29 is 9.90 Å². The van der Waals surface area contributed by atoms with Gasteiger partial charge in [0.1, 0.15) is 5.75 Å². The Morgan fingerprint density at radius 2 is 2.00 bits per heavy atom. The van der Waals surface area contributed by atoms with Crippen molar-refractivity contribution in [3.05, 3.63) is 57.7 Å². The van der Waals surface area contributed by atoms with Gasteiger partial charge >= 0.3 is 5.69 Å². The molecular formula is C12H9ClN2O3. The van der Waals surface area contributed by atoms with Crippen LogP contribution in [0.25, 0.3) is 0 Å². The molecule has 0 aliphatic rings. The van der Waals surface area contributed by atoms with E-state index in [2.05, 4.69) is 4.98 Å². The fraction of sp³-hybridized carbons (Fsp3) is 0.0833. The van der Waals surface area contributed by atoms with Crippen LogP contribution in [0.15, 0.2) is 41.5 Å². The molecule has 0 atom stereocenters. The molecular weight excluding hydrogens is 256 g/mol. The molecule has 0 radical (unpaired) electrons. The Hall–Kier alpha value is -2.14. The van der Waals surface area contributed by atoms with Crippen LogP contribution in [-0.2, 0) is 6.54 Å². The number of carbonyl (C=O) groups is 1. The lowest BCUT2D eigenvalue weighted by Gasteiger charge is -2.04. The van der Waals surface area contributed by atoms with E-state index in [1.54, 1.807) is 0 Å². The molecule has 6 heteroatoms. The van der Waals surface area contributed by atoms with Crippen LogP contribution in [0.4, 0.5) is 0 Å². The van der Waals surface area contributed by atoms with Crippen LogP contribution in [-0.4, -0.2) is 20.4 Å². The summed E-state index contributed by atoms with van der Waals surface area (Å²) in [4.78, 5) is 26.8. The number of rotatable bonds is 3. The van der Waals surface area contributed by atoms with E-state index >= 15 is 0 Å². The monoisotopic (exact) mass is 264 g/mol. The van der Waals surface area contributed by atoms with Crippen molar-refractivity contribution in [1.82, 2.24) is 9.55 Å². The van der Waals surface area contributed by atoms with Crippen molar-refractivity contribution >= 4 is 17.4 Å². The van der Waals surface area contributed by atoms with Crippen LogP contribution < -0.4 is 5.69 Å². The molecule has 0 spiro atoms. The summed E-state index contributed by atoms with van der Waals surface area (Å²) in [6.07, 6.45) is 2.58. The van der Waals surface area contributed by atoms with Gasteiger partial charge in [0.05, 0.1) is 17.8 Å². The van der Waals surface area contributed by atoms with Crippen molar-refractivity contribution in [3.63, 3.8) is 0 Å². The lowest BCUT2D eigenvalue weighted by atomic mass is 10.1. The minimum atomic E-state index is -0.536. The van der Waals surface area contributed by atoms with Crippen molar-refractivity contribution in [1.29, 1.82) is 0 Å². The second-order valence-corrected chi connectivity index (χ2v) is 4.09. The topological polar surface area (TPSA) is 72.2 Å². The standard InChI is InChI=1S/C12H9ClN2O3/c13-9-5-14-12(18)15(6-9)7-11(17)8-1-3-10(16)4-2-8/h1-6,16H,7H2. The van der Waals surface area contributed by atoms with Crippen molar-refractivity contribution in [2.75, 3.05) is 0 Å². The Bertz CT molecular complexity index is 635. The van der Waals surface area contributed by atoms with E-state index in [1.807, 2.05) is 0 Å². The zero-order valence-electron chi connectivity index (χ0n) is 9.21. The second-order valence-electron chi connectivity index (χ2n) is 3.65. The number of aromatic hydroxyl groups is 1. The molecule has 1 N–H and O–H groups in total. The Kier molecular flexibility index (Phi) is 3.43. The minimum Gasteiger partial charge on any atom is -0.508 e. The van der Waals surface area contributed by atoms with E-state index < -0.39 is 5.69 Å². The van der Waals surface area contributed by atoms with Gasteiger partial charge in [0, 0.05) is 11.8 Å². The molecule has 0 aliphatic carbocycles. The van der Waals surface area contributed by atoms with Gasteiger partial charge in [-0.3, -0.25) is 9.36 Å². The molecule has 2 rings (SSSR count). The number of phenols is 1. The second kappa shape index (κ2) is 5.01. The third kappa shape index (κ3) is 2.75. The van der Waals surface area contributed by atoms with Crippen molar-refractivity contribution in [2.24, 2.45) is 0 Å². The van der Waals surface area contributed by atoms with Crippen molar-refractivity contribution in [3.8, 4) is 5.75 Å². The van der Waals surface area contributed by atoms with E-state index in [-0.39, 0.29) is 23.1 Å². The zero-order chi connectivity index (χ0) is 13.1. The van der Waals surface area contributed by atoms with Gasteiger partial charge in [-0.25, -0.2) is 9.78 Å². The molecule has 0 aliphatic heterocycles. The van der Waals surface area contributed by atoms with Crippen LogP contribution in [0.2, 0.25) is 5.02 Å². The van der Waals surface area contributed by atoms with Crippen molar-refractivity contribution in [2.45, 2.75) is 6.54 Å². The first-order valence-electron chi connectivity index (χ1n) is 5.10. The maximum atomic E-state index is 11.9. The molecule has 1 aromatic heterocycles. The summed E-state index contributed by atoms with van der Waals surface area (Å²) in [6.45, 7) is -0.142. The number of Topliss-reactive ketones (excluding diaryl/α,β-unsaturated/α-hetero) is 1. The van der Waals surface area contributed by atoms with E-state index in [0.717, 1.165) is 4.57 Å². The quantitative estimate of drug-likeness (QED) is 0.853. The number of hydrogen-bond donors (Lipinski definition) is 1. The molecule has 92 valence electrons. The third-order valence-corrected chi connectivity index (χ3v) is 2.52. The van der Waals surface area contributed by atoms with Gasteiger partial charge < -0.3 is 5.11 Å². The summed E-state index contributed by atoms with van der Waals surface area (Å²) in [5.41, 5.74) is -0.133. The zero-order valence-corrected chi connectivity index (χ0v) is 9.96. The Morgan fingerprint density at radius 1 is 1.33 bits per heavy atom. The molecule has 1 heterocycles. The number of halogens is 1. The Morgan fingerprint density at radius 3 is 2.67 bits per heavy atom. The maximum Gasteiger partial charge on any atom is 0.348 e. The van der Waals surface area contributed by atoms with E-state index in [9.17, 15) is 9.59 Å². The summed E-state index contributed by atoms with van der Waals surface area (Å²) < 4.78 is 1.14. The van der Waals surface area contributed by atoms with Crippen LogP contribution in [0, 0.1) is 0 Å². The first-order chi connectivity index (χ1) is 8.56. The third-order valence-electron chi connectivity index (χ3n) is 2.33. The summed E-state index contributed by atoms with van der Waals surface area (Å²) in [6, 6.07) is 5.79. The SMILES string of the molecule is O=C(Cn1cc(Cl)cnc1=O)c1ccc(O)cc1. The first-order valence-corrected chi connectivity index (χ1v) is 5.48. The van der Waals surface area contributed by atoms with Gasteiger partial charge in [-0.1, -0.05) is 11.6 Å². The predicted molar refractivity (Wildman–Crippen MR) is 65.9 cm³/mol. The van der Waals surface area contributed by atoms with E-state index in [4.69, 9.17) is 16.7 Å². The highest BCUT2D eigenvalue weighted by molar-refractivity contribution is 6.30. The van der Waals surface area contributed by atoms with Crippen LogP contribution in [0.5, 0.6) is 5.75 Å².